The number of rotatable bonds is 6. The summed E-state index contributed by atoms with van der Waals surface area (Å²) >= 11 is 0. The number of sulfone groups is 1. The molecule has 2 aliphatic carbocycles. The number of ether oxygens (including phenoxy) is 3. The molecule has 1 saturated heterocycles. The van der Waals surface area contributed by atoms with Gasteiger partial charge < -0.3 is 19.3 Å². The van der Waals surface area contributed by atoms with Crippen LogP contribution in [0, 0.1) is 11.8 Å². The molecule has 8 nitrogen and oxygen atoms in total. The molecular weight excluding hydrogens is 376 g/mol. The van der Waals surface area contributed by atoms with Crippen molar-refractivity contribution in [3.63, 3.8) is 0 Å². The third kappa shape index (κ3) is 4.81. The normalized spacial score (nSPS) is 35.4. The third-order valence-electron chi connectivity index (χ3n) is 5.81. The first-order chi connectivity index (χ1) is 12.7. The second-order valence-electron chi connectivity index (χ2n) is 7.84. The zero-order chi connectivity index (χ0) is 19.8. The number of aliphatic hydroxyl groups is 1. The number of hydrogen-bond acceptors (Lipinski definition) is 8. The lowest BCUT2D eigenvalue weighted by Crippen LogP contribution is -2.38. The summed E-state index contributed by atoms with van der Waals surface area (Å²) in [7, 11) is -4.00. The van der Waals surface area contributed by atoms with Gasteiger partial charge in [0.2, 0.25) is 20.7 Å². The van der Waals surface area contributed by atoms with E-state index in [1.54, 1.807) is 0 Å². The van der Waals surface area contributed by atoms with Gasteiger partial charge in [0.25, 0.3) is 0 Å². The van der Waals surface area contributed by atoms with Gasteiger partial charge >= 0.3 is 11.9 Å². The molecule has 1 heterocycles. The molecule has 0 aromatic rings. The van der Waals surface area contributed by atoms with Crippen LogP contribution in [0.2, 0.25) is 0 Å². The van der Waals surface area contributed by atoms with Crippen molar-refractivity contribution >= 4 is 21.8 Å². The highest BCUT2D eigenvalue weighted by atomic mass is 32.2. The van der Waals surface area contributed by atoms with Gasteiger partial charge in [0.05, 0.1) is 30.1 Å². The Labute approximate surface area is 159 Å². The van der Waals surface area contributed by atoms with Crippen molar-refractivity contribution in [2.75, 3.05) is 0 Å². The first kappa shape index (κ1) is 20.5. The van der Waals surface area contributed by atoms with Crippen LogP contribution in [0.3, 0.4) is 0 Å². The molecular formula is C18H28O8S. The Hall–Kier alpha value is -1.19. The molecule has 3 aliphatic rings. The highest BCUT2D eigenvalue weighted by molar-refractivity contribution is 7.92. The van der Waals surface area contributed by atoms with Crippen molar-refractivity contribution in [2.24, 2.45) is 11.8 Å². The van der Waals surface area contributed by atoms with E-state index in [0.717, 1.165) is 6.42 Å². The first-order valence-corrected chi connectivity index (χ1v) is 11.3. The van der Waals surface area contributed by atoms with Crippen LogP contribution in [0.4, 0.5) is 0 Å². The maximum atomic E-state index is 12.6. The third-order valence-corrected chi connectivity index (χ3v) is 7.85. The molecule has 154 valence electrons. The molecule has 2 saturated carbocycles. The summed E-state index contributed by atoms with van der Waals surface area (Å²) in [4.78, 5) is 24.5. The fourth-order valence-corrected chi connectivity index (χ4v) is 4.92. The lowest BCUT2D eigenvalue weighted by molar-refractivity contribution is -0.152. The number of fused-ring (bicyclic) bond motifs is 1. The Bertz CT molecular complexity index is 643. The molecule has 7 unspecified atom stereocenters. The molecule has 3 rings (SSSR count). The van der Waals surface area contributed by atoms with Gasteiger partial charge in [-0.25, -0.2) is 8.42 Å². The van der Waals surface area contributed by atoms with Crippen LogP contribution in [0.1, 0.15) is 58.8 Å². The summed E-state index contributed by atoms with van der Waals surface area (Å²) in [5.41, 5.74) is -2.82. The molecule has 0 bridgehead atoms. The highest BCUT2D eigenvalue weighted by Crippen LogP contribution is 2.40. The molecule has 0 amide bonds. The van der Waals surface area contributed by atoms with Crippen LogP contribution in [0.15, 0.2) is 0 Å². The Morgan fingerprint density at radius 1 is 0.926 bits per heavy atom. The number of carbonyl (C=O) groups excluding carboxylic acids is 2. The van der Waals surface area contributed by atoms with Gasteiger partial charge in [0.15, 0.2) is 0 Å². The topological polar surface area (TPSA) is 120 Å². The van der Waals surface area contributed by atoms with Crippen LogP contribution < -0.4 is 0 Å². The van der Waals surface area contributed by atoms with E-state index in [1.807, 2.05) is 0 Å². The Balaban J connectivity index is 1.52. The van der Waals surface area contributed by atoms with Crippen molar-refractivity contribution in [2.45, 2.75) is 88.0 Å². The van der Waals surface area contributed by atoms with E-state index in [-0.39, 0.29) is 24.5 Å². The maximum absolute atomic E-state index is 12.6. The van der Waals surface area contributed by atoms with Crippen LogP contribution in [0.5, 0.6) is 0 Å². The highest BCUT2D eigenvalue weighted by Gasteiger charge is 2.47. The van der Waals surface area contributed by atoms with E-state index in [1.165, 1.54) is 13.8 Å². The van der Waals surface area contributed by atoms with Gasteiger partial charge in [-0.15, -0.1) is 0 Å². The van der Waals surface area contributed by atoms with Gasteiger partial charge in [-0.1, -0.05) is 6.42 Å². The number of hydrogen-bond donors (Lipinski definition) is 1. The molecule has 27 heavy (non-hydrogen) atoms. The van der Waals surface area contributed by atoms with Crippen LogP contribution in [0.25, 0.3) is 0 Å². The van der Waals surface area contributed by atoms with Gasteiger partial charge in [0, 0.05) is 0 Å². The summed E-state index contributed by atoms with van der Waals surface area (Å²) in [5, 5.41) is 9.66. The van der Waals surface area contributed by atoms with Crippen molar-refractivity contribution in [1.29, 1.82) is 0 Å². The molecule has 0 spiro atoms. The van der Waals surface area contributed by atoms with E-state index < -0.39 is 44.7 Å². The van der Waals surface area contributed by atoms with Crippen molar-refractivity contribution in [3.8, 4) is 0 Å². The van der Waals surface area contributed by atoms with Gasteiger partial charge in [-0.05, 0) is 52.4 Å². The number of esters is 2. The predicted octanol–water partition coefficient (Wildman–Crippen LogP) is 1.30. The molecule has 1 N–H and O–H groups in total. The van der Waals surface area contributed by atoms with E-state index >= 15 is 0 Å². The van der Waals surface area contributed by atoms with Gasteiger partial charge in [0.1, 0.15) is 0 Å². The monoisotopic (exact) mass is 404 g/mol. The summed E-state index contributed by atoms with van der Waals surface area (Å²) in [6.07, 6.45) is 3.93. The first-order valence-electron chi connectivity index (χ1n) is 9.65. The average molecular weight is 404 g/mol. The standard InChI is InChI=1S/C18H28O8S/c1-10(24-17(20)12-4-3-5-14(19)8-12)27(22,23)11(2)25-18(21)13-6-7-15-16(9-13)26-15/h10-16,19H,3-9H2,1-2H3. The molecule has 7 atom stereocenters. The average Bonchev–Trinajstić information content (AvgIpc) is 3.40. The number of carbonyl (C=O) groups is 2. The summed E-state index contributed by atoms with van der Waals surface area (Å²) < 4.78 is 40.8. The van der Waals surface area contributed by atoms with Gasteiger partial charge in [-0.2, -0.15) is 0 Å². The minimum absolute atomic E-state index is 0.0916. The molecule has 0 aromatic carbocycles. The quantitative estimate of drug-likeness (QED) is 0.520. The van der Waals surface area contributed by atoms with E-state index in [9.17, 15) is 23.1 Å². The fourth-order valence-electron chi connectivity index (χ4n) is 3.92. The van der Waals surface area contributed by atoms with Gasteiger partial charge in [-0.3, -0.25) is 9.59 Å². The SMILES string of the molecule is CC(OC(=O)C1CCCC(O)C1)S(=O)(=O)C(C)OC(=O)C1CCC2OC2C1. The van der Waals surface area contributed by atoms with E-state index in [0.29, 0.717) is 32.1 Å². The maximum Gasteiger partial charge on any atom is 0.310 e. The molecule has 9 heteroatoms. The summed E-state index contributed by atoms with van der Waals surface area (Å²) in [6, 6.07) is 0. The minimum atomic E-state index is -4.00. The Morgan fingerprint density at radius 2 is 1.52 bits per heavy atom. The van der Waals surface area contributed by atoms with Crippen molar-refractivity contribution < 1.29 is 37.3 Å². The zero-order valence-corrected chi connectivity index (χ0v) is 16.5. The second kappa shape index (κ2) is 8.05. The number of aliphatic hydroxyl groups excluding tert-OH is 1. The predicted molar refractivity (Wildman–Crippen MR) is 94.0 cm³/mol. The summed E-state index contributed by atoms with van der Waals surface area (Å²) in [6.45, 7) is 2.54. The number of epoxide rings is 1. The van der Waals surface area contributed by atoms with E-state index in [4.69, 9.17) is 14.2 Å². The lowest BCUT2D eigenvalue weighted by Gasteiger charge is -2.27. The molecule has 3 fully saturated rings. The largest absolute Gasteiger partial charge is 0.446 e. The molecule has 1 aliphatic heterocycles. The van der Waals surface area contributed by atoms with Crippen molar-refractivity contribution in [3.05, 3.63) is 0 Å². The van der Waals surface area contributed by atoms with Crippen LogP contribution in [-0.2, 0) is 33.6 Å². The van der Waals surface area contributed by atoms with E-state index in [2.05, 4.69) is 0 Å². The summed E-state index contributed by atoms with van der Waals surface area (Å²) in [5.74, 6) is -2.03. The second-order valence-corrected chi connectivity index (χ2v) is 10.3. The molecule has 0 aromatic heterocycles. The fraction of sp³-hybridized carbons (Fsp3) is 0.889. The van der Waals surface area contributed by atoms with Crippen molar-refractivity contribution in [1.82, 2.24) is 0 Å². The Morgan fingerprint density at radius 3 is 2.07 bits per heavy atom. The minimum Gasteiger partial charge on any atom is -0.446 e. The lowest BCUT2D eigenvalue weighted by atomic mass is 9.87. The van der Waals surface area contributed by atoms with Crippen LogP contribution in [-0.4, -0.2) is 54.6 Å². The smallest absolute Gasteiger partial charge is 0.310 e. The zero-order valence-electron chi connectivity index (χ0n) is 15.7. The van der Waals surface area contributed by atoms with Crippen LogP contribution >= 0.6 is 0 Å². The Kier molecular flexibility index (Phi) is 6.12. The molecule has 0 radical (unpaired) electrons.